The summed E-state index contributed by atoms with van der Waals surface area (Å²) in [7, 11) is 0. The maximum atomic E-state index is 12.4. The first-order chi connectivity index (χ1) is 12.5. The van der Waals surface area contributed by atoms with Crippen LogP contribution in [0.4, 0.5) is 5.69 Å². The van der Waals surface area contributed by atoms with Gasteiger partial charge in [-0.2, -0.15) is 0 Å². The smallest absolute Gasteiger partial charge is 0.338 e. The molecule has 7 nitrogen and oxygen atoms in total. The van der Waals surface area contributed by atoms with Crippen LogP contribution in [0.2, 0.25) is 0 Å². The van der Waals surface area contributed by atoms with Gasteiger partial charge in [0.2, 0.25) is 11.8 Å². The van der Waals surface area contributed by atoms with Crippen LogP contribution >= 0.6 is 0 Å². The summed E-state index contributed by atoms with van der Waals surface area (Å²) in [5.41, 5.74) is 0.950. The van der Waals surface area contributed by atoms with Crippen molar-refractivity contribution in [2.75, 3.05) is 5.32 Å². The van der Waals surface area contributed by atoms with Crippen molar-refractivity contribution in [3.05, 3.63) is 41.6 Å². The highest BCUT2D eigenvalue weighted by molar-refractivity contribution is 5.95. The summed E-state index contributed by atoms with van der Waals surface area (Å²) in [6, 6.07) is 6.75. The fraction of sp³-hybridized carbons (Fsp3) is 0.474. The fourth-order valence-corrected chi connectivity index (χ4v) is 3.09. The second kappa shape index (κ2) is 8.12. The van der Waals surface area contributed by atoms with Crippen molar-refractivity contribution in [3.8, 4) is 0 Å². The quantitative estimate of drug-likeness (QED) is 0.818. The Labute approximate surface area is 152 Å². The van der Waals surface area contributed by atoms with Crippen molar-refractivity contribution in [1.29, 1.82) is 0 Å². The van der Waals surface area contributed by atoms with E-state index in [1.165, 1.54) is 6.42 Å². The predicted octanol–water partition coefficient (Wildman–Crippen LogP) is 3.81. The van der Waals surface area contributed by atoms with Gasteiger partial charge in [-0.25, -0.2) is 4.79 Å². The molecule has 0 spiro atoms. The number of benzene rings is 1. The van der Waals surface area contributed by atoms with Crippen LogP contribution in [0.5, 0.6) is 0 Å². The van der Waals surface area contributed by atoms with Gasteiger partial charge in [0.1, 0.15) is 0 Å². The summed E-state index contributed by atoms with van der Waals surface area (Å²) in [5.74, 6) is 0.222. The molecule has 2 aromatic rings. The van der Waals surface area contributed by atoms with Crippen molar-refractivity contribution in [1.82, 2.24) is 10.2 Å². The Morgan fingerprint density at radius 3 is 2.69 bits per heavy atom. The molecular weight excluding hydrogens is 334 g/mol. The number of carbonyl (C=O) groups is 2. The van der Waals surface area contributed by atoms with E-state index in [2.05, 4.69) is 15.5 Å². The SMILES string of the molecule is Cc1nnc(C(C)OC(=O)c2cccc(NC(=O)C3CCCCC3)c2)o1. The number of esters is 1. The van der Waals surface area contributed by atoms with E-state index in [-0.39, 0.29) is 17.7 Å². The zero-order valence-electron chi connectivity index (χ0n) is 15.0. The first kappa shape index (κ1) is 18.1. The van der Waals surface area contributed by atoms with Crippen molar-refractivity contribution >= 4 is 17.6 Å². The molecule has 138 valence electrons. The van der Waals surface area contributed by atoms with Crippen molar-refractivity contribution < 1.29 is 18.7 Å². The second-order valence-electron chi connectivity index (χ2n) is 6.61. The number of amides is 1. The molecule has 1 atom stereocenters. The number of nitrogens with one attached hydrogen (secondary N) is 1. The molecule has 1 aromatic carbocycles. The standard InChI is InChI=1S/C19H23N3O4/c1-12(18-22-21-13(2)26-18)25-19(24)15-9-6-10-16(11-15)20-17(23)14-7-4-3-5-8-14/h6,9-12,14H,3-5,7-8H2,1-2H3,(H,20,23). The third-order valence-electron chi connectivity index (χ3n) is 4.52. The van der Waals surface area contributed by atoms with Gasteiger partial charge in [0.25, 0.3) is 5.89 Å². The first-order valence-electron chi connectivity index (χ1n) is 8.95. The minimum atomic E-state index is -0.649. The van der Waals surface area contributed by atoms with E-state index in [1.54, 1.807) is 38.1 Å². The van der Waals surface area contributed by atoms with Crippen molar-refractivity contribution in [2.24, 2.45) is 5.92 Å². The van der Waals surface area contributed by atoms with Gasteiger partial charge in [0.05, 0.1) is 5.56 Å². The number of ether oxygens (including phenoxy) is 1. The van der Waals surface area contributed by atoms with Crippen LogP contribution in [0.3, 0.4) is 0 Å². The topological polar surface area (TPSA) is 94.3 Å². The van der Waals surface area contributed by atoms with E-state index in [0.29, 0.717) is 17.1 Å². The van der Waals surface area contributed by atoms with Gasteiger partial charge in [-0.1, -0.05) is 25.3 Å². The van der Waals surface area contributed by atoms with E-state index < -0.39 is 12.1 Å². The van der Waals surface area contributed by atoms with Crippen LogP contribution in [0.15, 0.2) is 28.7 Å². The summed E-state index contributed by atoms with van der Waals surface area (Å²) in [6.07, 6.45) is 4.59. The Balaban J connectivity index is 1.62. The van der Waals surface area contributed by atoms with Gasteiger partial charge in [0, 0.05) is 18.5 Å². The summed E-state index contributed by atoms with van der Waals surface area (Å²) < 4.78 is 10.6. The average Bonchev–Trinajstić information content (AvgIpc) is 3.09. The third-order valence-corrected chi connectivity index (χ3v) is 4.52. The van der Waals surface area contributed by atoms with Crippen molar-refractivity contribution in [3.63, 3.8) is 0 Å². The Morgan fingerprint density at radius 1 is 1.23 bits per heavy atom. The molecule has 1 unspecified atom stereocenters. The summed E-state index contributed by atoms with van der Waals surface area (Å²) in [6.45, 7) is 3.34. The lowest BCUT2D eigenvalue weighted by Crippen LogP contribution is -2.24. The molecule has 1 fully saturated rings. The predicted molar refractivity (Wildman–Crippen MR) is 94.5 cm³/mol. The average molecular weight is 357 g/mol. The number of aromatic nitrogens is 2. The van der Waals surface area contributed by atoms with Gasteiger partial charge < -0.3 is 14.5 Å². The zero-order chi connectivity index (χ0) is 18.5. The molecule has 26 heavy (non-hydrogen) atoms. The molecule has 3 rings (SSSR count). The number of anilines is 1. The maximum Gasteiger partial charge on any atom is 0.338 e. The Morgan fingerprint density at radius 2 is 2.00 bits per heavy atom. The van der Waals surface area contributed by atoms with Crippen molar-refractivity contribution in [2.45, 2.75) is 52.1 Å². The van der Waals surface area contributed by atoms with E-state index in [0.717, 1.165) is 25.7 Å². The molecule has 1 aliphatic carbocycles. The lowest BCUT2D eigenvalue weighted by atomic mass is 9.88. The molecule has 0 bridgehead atoms. The van der Waals surface area contributed by atoms with E-state index >= 15 is 0 Å². The number of aryl methyl sites for hydroxylation is 1. The normalized spacial score (nSPS) is 16.1. The van der Waals surface area contributed by atoms with Crippen LogP contribution in [-0.2, 0) is 9.53 Å². The number of nitrogens with zero attached hydrogens (tertiary/aromatic N) is 2. The fourth-order valence-electron chi connectivity index (χ4n) is 3.09. The minimum absolute atomic E-state index is 0.0184. The van der Waals surface area contributed by atoms with Crippen LogP contribution in [0, 0.1) is 12.8 Å². The highest BCUT2D eigenvalue weighted by Crippen LogP contribution is 2.25. The van der Waals surface area contributed by atoms with Gasteiger partial charge in [-0.05, 0) is 38.0 Å². The highest BCUT2D eigenvalue weighted by Gasteiger charge is 2.22. The van der Waals surface area contributed by atoms with E-state index in [9.17, 15) is 9.59 Å². The van der Waals surface area contributed by atoms with E-state index in [4.69, 9.17) is 9.15 Å². The van der Waals surface area contributed by atoms with Crippen LogP contribution in [-0.4, -0.2) is 22.1 Å². The number of hydrogen-bond acceptors (Lipinski definition) is 6. The Kier molecular flexibility index (Phi) is 5.65. The molecule has 1 amide bonds. The minimum Gasteiger partial charge on any atom is -0.449 e. The number of carbonyl (C=O) groups excluding carboxylic acids is 2. The zero-order valence-corrected chi connectivity index (χ0v) is 15.0. The van der Waals surface area contributed by atoms with Crippen LogP contribution in [0.25, 0.3) is 0 Å². The molecule has 1 aromatic heterocycles. The highest BCUT2D eigenvalue weighted by atomic mass is 16.6. The molecule has 0 saturated heterocycles. The monoisotopic (exact) mass is 357 g/mol. The lowest BCUT2D eigenvalue weighted by molar-refractivity contribution is -0.120. The summed E-state index contributed by atoms with van der Waals surface area (Å²) >= 11 is 0. The Bertz CT molecular complexity index is 781. The number of hydrogen-bond donors (Lipinski definition) is 1. The molecule has 1 aliphatic rings. The molecular formula is C19H23N3O4. The van der Waals surface area contributed by atoms with Gasteiger partial charge in [0.15, 0.2) is 6.10 Å². The van der Waals surface area contributed by atoms with Gasteiger partial charge >= 0.3 is 5.97 Å². The molecule has 7 heteroatoms. The Hall–Kier alpha value is -2.70. The van der Waals surface area contributed by atoms with Crippen LogP contribution in [0.1, 0.15) is 67.3 Å². The molecule has 0 radical (unpaired) electrons. The second-order valence-corrected chi connectivity index (χ2v) is 6.61. The van der Waals surface area contributed by atoms with Crippen LogP contribution < -0.4 is 5.32 Å². The molecule has 1 heterocycles. The lowest BCUT2D eigenvalue weighted by Gasteiger charge is -2.20. The largest absolute Gasteiger partial charge is 0.449 e. The van der Waals surface area contributed by atoms with Gasteiger partial charge in [-0.15, -0.1) is 10.2 Å². The molecule has 1 N–H and O–H groups in total. The molecule has 1 saturated carbocycles. The first-order valence-corrected chi connectivity index (χ1v) is 8.95. The van der Waals surface area contributed by atoms with Gasteiger partial charge in [-0.3, -0.25) is 4.79 Å². The third kappa shape index (κ3) is 4.47. The molecule has 0 aliphatic heterocycles. The summed E-state index contributed by atoms with van der Waals surface area (Å²) in [4.78, 5) is 24.7. The summed E-state index contributed by atoms with van der Waals surface area (Å²) in [5, 5.41) is 10.5. The number of rotatable bonds is 5. The van der Waals surface area contributed by atoms with E-state index in [1.807, 2.05) is 0 Å². The maximum absolute atomic E-state index is 12.4.